The molecule has 1 aromatic rings. The second-order valence-corrected chi connectivity index (χ2v) is 5.82. The Morgan fingerprint density at radius 1 is 1.43 bits per heavy atom. The van der Waals surface area contributed by atoms with Crippen molar-refractivity contribution in [3.05, 3.63) is 29.3 Å². The van der Waals surface area contributed by atoms with Crippen LogP contribution in [0.3, 0.4) is 0 Å². The van der Waals surface area contributed by atoms with Gasteiger partial charge >= 0.3 is 6.03 Å². The predicted octanol–water partition coefficient (Wildman–Crippen LogP) is 2.06. The van der Waals surface area contributed by atoms with E-state index >= 15 is 0 Å². The number of likely N-dealkylation sites (N-methyl/N-ethyl adjacent to an activating group) is 1. The van der Waals surface area contributed by atoms with Gasteiger partial charge < -0.3 is 19.9 Å². The number of carbonyl (C=O) groups excluding carboxylic acids is 1. The smallest absolute Gasteiger partial charge is 0.317 e. The van der Waals surface area contributed by atoms with Gasteiger partial charge in [-0.25, -0.2) is 4.79 Å². The molecule has 0 saturated carbocycles. The van der Waals surface area contributed by atoms with Gasteiger partial charge in [0.2, 0.25) is 0 Å². The molecule has 0 radical (unpaired) electrons. The Morgan fingerprint density at radius 2 is 2.14 bits per heavy atom. The van der Waals surface area contributed by atoms with Crippen molar-refractivity contribution in [3.63, 3.8) is 0 Å². The lowest BCUT2D eigenvalue weighted by molar-refractivity contribution is 0.200. The first-order valence-corrected chi connectivity index (χ1v) is 7.51. The highest BCUT2D eigenvalue weighted by Gasteiger charge is 2.26. The second kappa shape index (κ2) is 7.52. The maximum atomic E-state index is 12.0. The van der Waals surface area contributed by atoms with Gasteiger partial charge in [0.05, 0.1) is 6.54 Å². The number of benzene rings is 1. The van der Waals surface area contributed by atoms with E-state index in [4.69, 9.17) is 16.3 Å². The van der Waals surface area contributed by atoms with Crippen molar-refractivity contribution in [2.75, 3.05) is 40.3 Å². The van der Waals surface area contributed by atoms with Crippen LogP contribution in [0.25, 0.3) is 0 Å². The van der Waals surface area contributed by atoms with Crippen molar-refractivity contribution in [2.24, 2.45) is 0 Å². The maximum absolute atomic E-state index is 12.0. The highest BCUT2D eigenvalue weighted by atomic mass is 35.5. The van der Waals surface area contributed by atoms with E-state index in [-0.39, 0.29) is 6.03 Å². The van der Waals surface area contributed by atoms with Crippen molar-refractivity contribution in [3.8, 4) is 5.75 Å². The molecule has 1 fully saturated rings. The van der Waals surface area contributed by atoms with Gasteiger partial charge in [-0.1, -0.05) is 11.6 Å². The highest BCUT2D eigenvalue weighted by Crippen LogP contribution is 2.15. The van der Waals surface area contributed by atoms with Crippen LogP contribution in [0.1, 0.15) is 6.42 Å². The summed E-state index contributed by atoms with van der Waals surface area (Å²) < 4.78 is 5.53. The summed E-state index contributed by atoms with van der Waals surface area (Å²) in [6.07, 6.45) is 1.03. The average Bonchev–Trinajstić information content (AvgIpc) is 2.95. The Balaban J connectivity index is 1.64. The van der Waals surface area contributed by atoms with Crippen LogP contribution in [0, 0.1) is 0 Å². The number of ether oxygens (including phenoxy) is 1. The molecule has 1 aromatic carbocycles. The maximum Gasteiger partial charge on any atom is 0.317 e. The summed E-state index contributed by atoms with van der Waals surface area (Å²) in [7, 11) is 4.10. The summed E-state index contributed by atoms with van der Waals surface area (Å²) in [5.74, 6) is 0.752. The number of amides is 2. The molecule has 2 rings (SSSR count). The van der Waals surface area contributed by atoms with Gasteiger partial charge in [0.15, 0.2) is 0 Å². The predicted molar refractivity (Wildman–Crippen MR) is 84.0 cm³/mol. The average molecular weight is 312 g/mol. The number of hydrogen-bond acceptors (Lipinski definition) is 3. The van der Waals surface area contributed by atoms with Crippen LogP contribution in [-0.4, -0.2) is 62.2 Å². The fourth-order valence-electron chi connectivity index (χ4n) is 2.32. The molecule has 0 spiro atoms. The molecular weight excluding hydrogens is 290 g/mol. The second-order valence-electron chi connectivity index (χ2n) is 5.39. The monoisotopic (exact) mass is 311 g/mol. The molecule has 1 aliphatic rings. The largest absolute Gasteiger partial charge is 0.492 e. The Bertz CT molecular complexity index is 464. The van der Waals surface area contributed by atoms with Crippen LogP contribution < -0.4 is 10.1 Å². The van der Waals surface area contributed by atoms with Crippen LogP contribution in [-0.2, 0) is 0 Å². The van der Waals surface area contributed by atoms with Crippen LogP contribution in [0.4, 0.5) is 4.79 Å². The fourth-order valence-corrected chi connectivity index (χ4v) is 2.44. The SMILES string of the molecule is CN(C)C1CCN(C(=O)NCCOc2ccc(Cl)cc2)C1. The zero-order valence-corrected chi connectivity index (χ0v) is 13.3. The highest BCUT2D eigenvalue weighted by molar-refractivity contribution is 6.30. The van der Waals surface area contributed by atoms with E-state index in [2.05, 4.69) is 10.2 Å². The number of halogens is 1. The minimum atomic E-state index is -0.0148. The summed E-state index contributed by atoms with van der Waals surface area (Å²) in [5, 5.41) is 3.56. The summed E-state index contributed by atoms with van der Waals surface area (Å²) in [5.41, 5.74) is 0. The Kier molecular flexibility index (Phi) is 5.70. The van der Waals surface area contributed by atoms with Crippen LogP contribution >= 0.6 is 11.6 Å². The Labute approximate surface area is 130 Å². The number of nitrogens with zero attached hydrogens (tertiary/aromatic N) is 2. The molecule has 5 nitrogen and oxygen atoms in total. The van der Waals surface area contributed by atoms with Crippen molar-refractivity contribution in [2.45, 2.75) is 12.5 Å². The number of nitrogens with one attached hydrogen (secondary N) is 1. The fraction of sp³-hybridized carbons (Fsp3) is 0.533. The van der Waals surface area contributed by atoms with E-state index < -0.39 is 0 Å². The van der Waals surface area contributed by atoms with Crippen LogP contribution in [0.2, 0.25) is 5.02 Å². The molecule has 6 heteroatoms. The Hall–Kier alpha value is -1.46. The van der Waals surface area contributed by atoms with E-state index in [0.717, 1.165) is 25.3 Å². The molecule has 1 N–H and O–H groups in total. The van der Waals surface area contributed by atoms with E-state index in [9.17, 15) is 4.79 Å². The van der Waals surface area contributed by atoms with Gasteiger partial charge in [-0.2, -0.15) is 0 Å². The number of rotatable bonds is 5. The Morgan fingerprint density at radius 3 is 2.76 bits per heavy atom. The molecule has 1 atom stereocenters. The normalized spacial score (nSPS) is 18.1. The number of likely N-dealkylation sites (tertiary alicyclic amines) is 1. The lowest BCUT2D eigenvalue weighted by atomic mass is 10.2. The lowest BCUT2D eigenvalue weighted by Crippen LogP contribution is -2.41. The van der Waals surface area contributed by atoms with Crippen LogP contribution in [0.15, 0.2) is 24.3 Å². The van der Waals surface area contributed by atoms with Gasteiger partial charge in [0, 0.05) is 24.2 Å². The third kappa shape index (κ3) is 4.79. The third-order valence-corrected chi connectivity index (χ3v) is 3.89. The summed E-state index contributed by atoms with van der Waals surface area (Å²) >= 11 is 5.80. The molecule has 0 bridgehead atoms. The van der Waals surface area contributed by atoms with E-state index in [1.165, 1.54) is 0 Å². The standard InChI is InChI=1S/C15H22ClN3O2/c1-18(2)13-7-9-19(11-13)15(20)17-8-10-21-14-5-3-12(16)4-6-14/h3-6,13H,7-11H2,1-2H3,(H,17,20). The van der Waals surface area contributed by atoms with Gasteiger partial charge in [0.25, 0.3) is 0 Å². The molecule has 1 heterocycles. The first kappa shape index (κ1) is 15.9. The third-order valence-electron chi connectivity index (χ3n) is 3.64. The molecule has 1 saturated heterocycles. The topological polar surface area (TPSA) is 44.8 Å². The molecule has 21 heavy (non-hydrogen) atoms. The van der Waals surface area contributed by atoms with Gasteiger partial charge in [-0.05, 0) is 44.8 Å². The molecule has 1 aliphatic heterocycles. The minimum absolute atomic E-state index is 0.0148. The zero-order valence-electron chi connectivity index (χ0n) is 12.5. The molecular formula is C15H22ClN3O2. The number of carbonyl (C=O) groups is 1. The summed E-state index contributed by atoms with van der Waals surface area (Å²) in [6, 6.07) is 7.63. The van der Waals surface area contributed by atoms with Crippen molar-refractivity contribution in [1.82, 2.24) is 15.1 Å². The zero-order chi connectivity index (χ0) is 15.2. The van der Waals surface area contributed by atoms with Crippen LogP contribution in [0.5, 0.6) is 5.75 Å². The summed E-state index contributed by atoms with van der Waals surface area (Å²) in [4.78, 5) is 16.0. The molecule has 0 aliphatic carbocycles. The lowest BCUT2D eigenvalue weighted by Gasteiger charge is -2.20. The number of urea groups is 1. The molecule has 2 amide bonds. The van der Waals surface area contributed by atoms with Gasteiger partial charge in [-0.15, -0.1) is 0 Å². The minimum Gasteiger partial charge on any atom is -0.492 e. The molecule has 116 valence electrons. The van der Waals surface area contributed by atoms with Gasteiger partial charge in [0.1, 0.15) is 12.4 Å². The van der Waals surface area contributed by atoms with Crippen molar-refractivity contribution in [1.29, 1.82) is 0 Å². The van der Waals surface area contributed by atoms with E-state index in [1.807, 2.05) is 31.1 Å². The van der Waals surface area contributed by atoms with E-state index in [1.54, 1.807) is 12.1 Å². The first-order valence-electron chi connectivity index (χ1n) is 7.14. The van der Waals surface area contributed by atoms with Crippen molar-refractivity contribution >= 4 is 17.6 Å². The summed E-state index contributed by atoms with van der Waals surface area (Å²) in [6.45, 7) is 2.53. The van der Waals surface area contributed by atoms with Gasteiger partial charge in [-0.3, -0.25) is 0 Å². The van der Waals surface area contributed by atoms with E-state index in [0.29, 0.717) is 24.2 Å². The first-order chi connectivity index (χ1) is 10.1. The molecule has 0 aromatic heterocycles. The quantitative estimate of drug-likeness (QED) is 0.847. The molecule has 1 unspecified atom stereocenters. The van der Waals surface area contributed by atoms with Crippen molar-refractivity contribution < 1.29 is 9.53 Å². The number of hydrogen-bond donors (Lipinski definition) is 1.